The van der Waals surface area contributed by atoms with Crippen LogP contribution in [0, 0.1) is 0 Å². The molecule has 0 saturated heterocycles. The highest BCUT2D eigenvalue weighted by atomic mass is 35.5. The SMILES string of the molecule is Clc1c(Sc2cccc(-n3c4ccccc4c4ccccc43)c2)cccc1-n1c2ccccc2c2cc3c4ccccc4n(-c4cccc(Sc5cccc(-n6c7ccccc7c7ccccc76)c5)c4Cl)c3cc21. The first-order chi connectivity index (χ1) is 36.6. The third-order valence-electron chi connectivity index (χ3n) is 14.6. The molecule has 4 heterocycles. The van der Waals surface area contributed by atoms with Crippen LogP contribution >= 0.6 is 46.7 Å². The van der Waals surface area contributed by atoms with Crippen LogP contribution in [-0.2, 0) is 0 Å². The zero-order chi connectivity index (χ0) is 49.0. The molecule has 0 amide bonds. The van der Waals surface area contributed by atoms with Gasteiger partial charge in [-0.1, -0.05) is 180 Å². The molecule has 15 aromatic rings. The van der Waals surface area contributed by atoms with Crippen molar-refractivity contribution in [3.05, 3.63) is 253 Å². The van der Waals surface area contributed by atoms with E-state index in [0.717, 1.165) is 85.9 Å². The fourth-order valence-corrected chi connectivity index (χ4v) is 14.0. The van der Waals surface area contributed by atoms with E-state index in [1.54, 1.807) is 23.5 Å². The zero-order valence-corrected chi connectivity index (χ0v) is 42.6. The number of halogens is 2. The predicted molar refractivity (Wildman–Crippen MR) is 315 cm³/mol. The average molecular weight is 1020 g/mol. The van der Waals surface area contributed by atoms with Gasteiger partial charge in [0.1, 0.15) is 0 Å². The molecule has 0 spiro atoms. The van der Waals surface area contributed by atoms with Gasteiger partial charge in [-0.25, -0.2) is 0 Å². The van der Waals surface area contributed by atoms with Crippen molar-refractivity contribution in [1.82, 2.24) is 18.3 Å². The summed E-state index contributed by atoms with van der Waals surface area (Å²) in [7, 11) is 0. The first-order valence-corrected chi connectivity index (χ1v) is 27.0. The van der Waals surface area contributed by atoms with Gasteiger partial charge in [0.25, 0.3) is 0 Å². The van der Waals surface area contributed by atoms with Crippen molar-refractivity contribution in [2.24, 2.45) is 0 Å². The van der Waals surface area contributed by atoms with Gasteiger partial charge >= 0.3 is 0 Å². The molecule has 0 radical (unpaired) electrons. The molecule has 15 rings (SSSR count). The number of para-hydroxylation sites is 6. The molecule has 0 N–H and O–H groups in total. The third kappa shape index (κ3) is 6.72. The average Bonchev–Trinajstić information content (AvgIpc) is 4.17. The Hall–Kier alpha value is -8.10. The van der Waals surface area contributed by atoms with Crippen LogP contribution in [0.5, 0.6) is 0 Å². The number of nitrogens with zero attached hydrogens (tertiary/aromatic N) is 4. The summed E-state index contributed by atoms with van der Waals surface area (Å²) in [6.07, 6.45) is 0. The molecule has 350 valence electrons. The standard InChI is InChI=1S/C66H40Cl2N4S2/c67-65-59(33-15-35-63(65)73-43-19-13-17-41(37-43)69-53-27-7-1-21-45(53)46-22-2-8-28-54(46)69)71-57-31-11-5-25-49(57)51-39-52-50-26-6-12-32-58(50)72(62(52)40-61(51)71)60-34-16-36-64(66(60)68)74-44-20-14-18-42(38-44)70-55-29-9-3-23-47(55)48-24-4-10-30-56(48)70/h1-40H. The van der Waals surface area contributed by atoms with Gasteiger partial charge in [-0.15, -0.1) is 0 Å². The third-order valence-corrected chi connectivity index (χ3v) is 17.7. The van der Waals surface area contributed by atoms with E-state index in [1.165, 1.54) is 43.6 Å². The summed E-state index contributed by atoms with van der Waals surface area (Å²) in [6, 6.07) is 86.9. The Morgan fingerprint density at radius 2 is 0.554 bits per heavy atom. The molecular weight excluding hydrogens is 984 g/mol. The summed E-state index contributed by atoms with van der Waals surface area (Å²) < 4.78 is 9.40. The largest absolute Gasteiger partial charge is 0.309 e. The minimum atomic E-state index is 0.693. The highest BCUT2D eigenvalue weighted by Gasteiger charge is 2.23. The van der Waals surface area contributed by atoms with E-state index < -0.39 is 0 Å². The molecule has 0 fully saturated rings. The molecule has 0 unspecified atom stereocenters. The van der Waals surface area contributed by atoms with E-state index in [9.17, 15) is 0 Å². The van der Waals surface area contributed by atoms with Crippen molar-refractivity contribution < 1.29 is 0 Å². The number of hydrogen-bond acceptors (Lipinski definition) is 2. The molecule has 74 heavy (non-hydrogen) atoms. The van der Waals surface area contributed by atoms with E-state index in [1.807, 2.05) is 0 Å². The highest BCUT2D eigenvalue weighted by molar-refractivity contribution is 7.99. The minimum absolute atomic E-state index is 0.693. The number of aromatic nitrogens is 4. The lowest BCUT2D eigenvalue weighted by molar-refractivity contribution is 1.15. The Balaban J connectivity index is 0.844. The molecule has 0 aliphatic rings. The van der Waals surface area contributed by atoms with Gasteiger partial charge < -0.3 is 18.3 Å². The van der Waals surface area contributed by atoms with Crippen molar-refractivity contribution >= 4 is 134 Å². The first kappa shape index (κ1) is 43.5. The van der Waals surface area contributed by atoms with Crippen molar-refractivity contribution in [1.29, 1.82) is 0 Å². The van der Waals surface area contributed by atoms with Crippen LogP contribution in [0.25, 0.3) is 110 Å². The van der Waals surface area contributed by atoms with Crippen molar-refractivity contribution in [3.63, 3.8) is 0 Å². The molecule has 0 saturated carbocycles. The fraction of sp³-hybridized carbons (Fsp3) is 0. The maximum Gasteiger partial charge on any atom is 0.0786 e. The van der Waals surface area contributed by atoms with Crippen LogP contribution in [-0.4, -0.2) is 18.3 Å². The molecular formula is C66H40Cl2N4S2. The monoisotopic (exact) mass is 1020 g/mol. The van der Waals surface area contributed by atoms with Gasteiger partial charge in [-0.3, -0.25) is 0 Å². The molecule has 0 bridgehead atoms. The normalized spacial score (nSPS) is 12.0. The van der Waals surface area contributed by atoms with Gasteiger partial charge in [-0.2, -0.15) is 0 Å². The molecule has 4 nitrogen and oxygen atoms in total. The molecule has 0 atom stereocenters. The van der Waals surface area contributed by atoms with E-state index in [0.29, 0.717) is 10.0 Å². The second-order valence-electron chi connectivity index (χ2n) is 18.7. The van der Waals surface area contributed by atoms with Gasteiger partial charge in [0.05, 0.1) is 65.6 Å². The van der Waals surface area contributed by atoms with Gasteiger partial charge in [0.2, 0.25) is 0 Å². The van der Waals surface area contributed by atoms with E-state index in [-0.39, 0.29) is 0 Å². The maximum absolute atomic E-state index is 7.68. The summed E-state index contributed by atoms with van der Waals surface area (Å²) >= 11 is 18.7. The Bertz CT molecular complexity index is 4380. The lowest BCUT2D eigenvalue weighted by Gasteiger charge is -2.15. The van der Waals surface area contributed by atoms with E-state index >= 15 is 0 Å². The van der Waals surface area contributed by atoms with Crippen LogP contribution in [0.3, 0.4) is 0 Å². The second kappa shape index (κ2) is 17.3. The summed E-state index contributed by atoms with van der Waals surface area (Å²) in [5.74, 6) is 0. The van der Waals surface area contributed by atoms with E-state index in [4.69, 9.17) is 23.2 Å². The highest BCUT2D eigenvalue weighted by Crippen LogP contribution is 2.46. The molecule has 4 aromatic heterocycles. The lowest BCUT2D eigenvalue weighted by Crippen LogP contribution is -1.98. The number of hydrogen-bond donors (Lipinski definition) is 0. The predicted octanol–water partition coefficient (Wildman–Crippen LogP) is 19.7. The summed E-state index contributed by atoms with van der Waals surface area (Å²) in [5, 5.41) is 11.0. The second-order valence-corrected chi connectivity index (χ2v) is 21.7. The van der Waals surface area contributed by atoms with E-state index in [2.05, 4.69) is 261 Å². The van der Waals surface area contributed by atoms with Gasteiger partial charge in [0.15, 0.2) is 0 Å². The smallest absolute Gasteiger partial charge is 0.0786 e. The van der Waals surface area contributed by atoms with Gasteiger partial charge in [-0.05, 0) is 109 Å². The lowest BCUT2D eigenvalue weighted by atomic mass is 10.1. The summed E-state index contributed by atoms with van der Waals surface area (Å²) in [5.41, 5.74) is 13.1. The number of benzene rings is 11. The first-order valence-electron chi connectivity index (χ1n) is 24.6. The van der Waals surface area contributed by atoms with Crippen LogP contribution in [0.15, 0.2) is 262 Å². The van der Waals surface area contributed by atoms with Crippen molar-refractivity contribution in [2.45, 2.75) is 19.6 Å². The minimum Gasteiger partial charge on any atom is -0.309 e. The van der Waals surface area contributed by atoms with Gasteiger partial charge in [0, 0.05) is 74.0 Å². The van der Waals surface area contributed by atoms with Crippen LogP contribution in [0.1, 0.15) is 0 Å². The fourth-order valence-electron chi connectivity index (χ4n) is 11.5. The van der Waals surface area contributed by atoms with Crippen LogP contribution in [0.4, 0.5) is 0 Å². The molecule has 8 heteroatoms. The molecule has 11 aromatic carbocycles. The Morgan fingerprint density at radius 3 is 0.919 bits per heavy atom. The van der Waals surface area contributed by atoms with Crippen LogP contribution < -0.4 is 0 Å². The topological polar surface area (TPSA) is 19.7 Å². The van der Waals surface area contributed by atoms with Crippen molar-refractivity contribution in [3.8, 4) is 22.7 Å². The number of fused-ring (bicyclic) bond motifs is 12. The summed E-state index contributed by atoms with van der Waals surface area (Å²) in [4.78, 5) is 4.16. The molecule has 0 aliphatic heterocycles. The number of rotatable bonds is 8. The Labute approximate surface area is 444 Å². The Kier molecular flexibility index (Phi) is 10.1. The molecule has 0 aliphatic carbocycles. The summed E-state index contributed by atoms with van der Waals surface area (Å²) in [6.45, 7) is 0. The van der Waals surface area contributed by atoms with Crippen LogP contribution in [0.2, 0.25) is 10.0 Å². The Morgan fingerprint density at radius 1 is 0.243 bits per heavy atom. The van der Waals surface area contributed by atoms with Crippen molar-refractivity contribution in [2.75, 3.05) is 0 Å². The quantitative estimate of drug-likeness (QED) is 0.151. The zero-order valence-electron chi connectivity index (χ0n) is 39.5. The maximum atomic E-state index is 7.68.